The molecule has 0 aliphatic carbocycles. The van der Waals surface area contributed by atoms with Crippen LogP contribution < -0.4 is 11.1 Å². The molecule has 4 aromatic rings. The van der Waals surface area contributed by atoms with Gasteiger partial charge in [0.1, 0.15) is 5.52 Å². The van der Waals surface area contributed by atoms with Crippen molar-refractivity contribution in [2.75, 3.05) is 0 Å². The fourth-order valence-electron chi connectivity index (χ4n) is 3.08. The number of rotatable bonds is 3. The molecule has 0 bridgehead atoms. The molecule has 2 aromatic carbocycles. The Labute approximate surface area is 153 Å². The molecule has 4 rings (SSSR count). The van der Waals surface area contributed by atoms with Crippen LogP contribution in [0.25, 0.3) is 32.9 Å². The highest BCUT2D eigenvalue weighted by Gasteiger charge is 2.25. The van der Waals surface area contributed by atoms with E-state index in [2.05, 4.69) is 15.2 Å². The number of fused-ring (bicyclic) bond motifs is 3. The Morgan fingerprint density at radius 2 is 1.50 bits per heavy atom. The molecule has 138 valence electrons. The van der Waals surface area contributed by atoms with E-state index in [9.17, 15) is 29.8 Å². The minimum Gasteiger partial charge on any atom is -0.267 e. The Bertz CT molecular complexity index is 1410. The molecule has 0 unspecified atom stereocenters. The summed E-state index contributed by atoms with van der Waals surface area (Å²) in [5.41, 5.74) is -2.37. The summed E-state index contributed by atoms with van der Waals surface area (Å²) in [4.78, 5) is 50.3. The van der Waals surface area contributed by atoms with Crippen molar-refractivity contribution in [1.29, 1.82) is 0 Å². The van der Waals surface area contributed by atoms with Crippen LogP contribution in [0.3, 0.4) is 0 Å². The number of nitrogens with one attached hydrogen (secondary N) is 2. The average molecular weight is 379 g/mol. The van der Waals surface area contributed by atoms with Crippen molar-refractivity contribution >= 4 is 33.1 Å². The summed E-state index contributed by atoms with van der Waals surface area (Å²) < 4.78 is 0. The Hall–Kier alpha value is -4.41. The first kappa shape index (κ1) is 17.0. The molecule has 2 N–H and O–H groups in total. The average Bonchev–Trinajstić information content (AvgIpc) is 2.69. The van der Waals surface area contributed by atoms with E-state index in [1.54, 1.807) is 30.3 Å². The third kappa shape index (κ3) is 2.49. The second-order valence-electron chi connectivity index (χ2n) is 5.86. The topological polar surface area (TPSA) is 165 Å². The summed E-state index contributed by atoms with van der Waals surface area (Å²) in [6, 6.07) is 10.1. The van der Waals surface area contributed by atoms with Gasteiger partial charge in [0.05, 0.1) is 32.4 Å². The van der Waals surface area contributed by atoms with E-state index in [1.807, 2.05) is 0 Å². The quantitative estimate of drug-likeness (QED) is 0.313. The maximum Gasteiger partial charge on any atom is 0.302 e. The van der Waals surface area contributed by atoms with Crippen molar-refractivity contribution in [2.45, 2.75) is 0 Å². The summed E-state index contributed by atoms with van der Waals surface area (Å²) in [7, 11) is 0. The standard InChI is InChI=1S/C17H9N5O6/c23-16-12-10-6-9(21(25)26)7-11(22(27)28)15(10)18-14(8-4-2-1-3-5-8)13(12)17(24)20-19-16/h1-7H,(H,19,23)(H,20,24). The monoisotopic (exact) mass is 379 g/mol. The van der Waals surface area contributed by atoms with Gasteiger partial charge in [-0.3, -0.25) is 40.0 Å². The summed E-state index contributed by atoms with van der Waals surface area (Å²) in [6.07, 6.45) is 0. The number of aromatic nitrogens is 3. The second kappa shape index (κ2) is 6.09. The molecule has 0 radical (unpaired) electrons. The summed E-state index contributed by atoms with van der Waals surface area (Å²) >= 11 is 0. The normalized spacial score (nSPS) is 11.0. The van der Waals surface area contributed by atoms with Gasteiger partial charge in [0.25, 0.3) is 16.8 Å². The Balaban J connectivity index is 2.34. The fourth-order valence-corrected chi connectivity index (χ4v) is 3.08. The molecule has 28 heavy (non-hydrogen) atoms. The Kier molecular flexibility index (Phi) is 3.70. The molecule has 0 amide bonds. The number of aromatic amines is 2. The second-order valence-corrected chi connectivity index (χ2v) is 5.86. The highest BCUT2D eigenvalue weighted by molar-refractivity contribution is 6.12. The molecular weight excluding hydrogens is 370 g/mol. The van der Waals surface area contributed by atoms with E-state index in [0.717, 1.165) is 12.1 Å². The number of H-pyrrole nitrogens is 2. The Morgan fingerprint density at radius 1 is 0.857 bits per heavy atom. The van der Waals surface area contributed by atoms with Gasteiger partial charge in [0.15, 0.2) is 0 Å². The van der Waals surface area contributed by atoms with E-state index in [0.29, 0.717) is 5.56 Å². The number of nitro benzene ring substituents is 2. The van der Waals surface area contributed by atoms with Gasteiger partial charge in [-0.05, 0) is 0 Å². The lowest BCUT2D eigenvalue weighted by Crippen LogP contribution is -2.20. The molecule has 0 saturated heterocycles. The lowest BCUT2D eigenvalue weighted by molar-refractivity contribution is -0.393. The lowest BCUT2D eigenvalue weighted by atomic mass is 10.0. The summed E-state index contributed by atoms with van der Waals surface area (Å²) in [5, 5.41) is 26.6. The highest BCUT2D eigenvalue weighted by Crippen LogP contribution is 2.35. The van der Waals surface area contributed by atoms with Gasteiger partial charge in [-0.15, -0.1) is 0 Å². The zero-order valence-corrected chi connectivity index (χ0v) is 13.8. The number of nitro groups is 2. The molecular formula is C17H9N5O6. The first-order chi connectivity index (χ1) is 13.4. The number of non-ortho nitro benzene ring substituents is 2. The minimum absolute atomic E-state index is 0.0624. The van der Waals surface area contributed by atoms with Crippen LogP contribution in [0.1, 0.15) is 0 Å². The maximum absolute atomic E-state index is 12.5. The number of hydrogen-bond acceptors (Lipinski definition) is 7. The lowest BCUT2D eigenvalue weighted by Gasteiger charge is -2.09. The first-order valence-electron chi connectivity index (χ1n) is 7.85. The van der Waals surface area contributed by atoms with Gasteiger partial charge in [-0.2, -0.15) is 0 Å². The fraction of sp³-hybridized carbons (Fsp3) is 0. The van der Waals surface area contributed by atoms with Crippen molar-refractivity contribution in [1.82, 2.24) is 15.2 Å². The molecule has 0 spiro atoms. The van der Waals surface area contributed by atoms with E-state index in [1.165, 1.54) is 0 Å². The van der Waals surface area contributed by atoms with Crippen LogP contribution in [0.15, 0.2) is 52.1 Å². The molecule has 2 heterocycles. The van der Waals surface area contributed by atoms with Crippen LogP contribution in [0.5, 0.6) is 0 Å². The maximum atomic E-state index is 12.5. The van der Waals surface area contributed by atoms with Crippen LogP contribution in [0.2, 0.25) is 0 Å². The third-order valence-electron chi connectivity index (χ3n) is 4.25. The van der Waals surface area contributed by atoms with Crippen LogP contribution in [0, 0.1) is 20.2 Å². The highest BCUT2D eigenvalue weighted by atomic mass is 16.6. The van der Waals surface area contributed by atoms with Crippen molar-refractivity contribution < 1.29 is 9.85 Å². The SMILES string of the molecule is O=c1[nH][nH]c(=O)c2c1c(-c1ccccc1)nc1c([N+](=O)[O-])cc([N+](=O)[O-])cc12. The molecule has 0 saturated carbocycles. The summed E-state index contributed by atoms with van der Waals surface area (Å²) in [5.74, 6) is 0. The molecule has 0 atom stereocenters. The van der Waals surface area contributed by atoms with Gasteiger partial charge >= 0.3 is 5.69 Å². The van der Waals surface area contributed by atoms with Crippen LogP contribution in [-0.4, -0.2) is 25.0 Å². The van der Waals surface area contributed by atoms with Gasteiger partial charge in [0.2, 0.25) is 0 Å². The minimum atomic E-state index is -0.815. The van der Waals surface area contributed by atoms with Gasteiger partial charge < -0.3 is 0 Å². The Morgan fingerprint density at radius 3 is 2.11 bits per heavy atom. The molecule has 0 aliphatic rings. The van der Waals surface area contributed by atoms with E-state index >= 15 is 0 Å². The zero-order valence-electron chi connectivity index (χ0n) is 13.8. The predicted octanol–water partition coefficient (Wildman–Crippen LogP) is 2.25. The van der Waals surface area contributed by atoms with E-state index in [4.69, 9.17) is 0 Å². The van der Waals surface area contributed by atoms with Gasteiger partial charge in [0, 0.05) is 17.0 Å². The molecule has 2 aromatic heterocycles. The molecule has 0 aliphatic heterocycles. The number of hydrogen-bond donors (Lipinski definition) is 2. The first-order valence-corrected chi connectivity index (χ1v) is 7.85. The largest absolute Gasteiger partial charge is 0.302 e. The predicted molar refractivity (Wildman–Crippen MR) is 99.2 cm³/mol. The molecule has 11 heteroatoms. The van der Waals surface area contributed by atoms with Crippen molar-refractivity contribution in [3.05, 3.63) is 83.4 Å². The van der Waals surface area contributed by atoms with Crippen LogP contribution in [0.4, 0.5) is 11.4 Å². The summed E-state index contributed by atoms with van der Waals surface area (Å²) in [6.45, 7) is 0. The molecule has 11 nitrogen and oxygen atoms in total. The molecule has 0 fully saturated rings. The van der Waals surface area contributed by atoms with E-state index in [-0.39, 0.29) is 27.4 Å². The zero-order chi connectivity index (χ0) is 20.0. The van der Waals surface area contributed by atoms with Crippen molar-refractivity contribution in [2.24, 2.45) is 0 Å². The third-order valence-corrected chi connectivity index (χ3v) is 4.25. The van der Waals surface area contributed by atoms with Crippen molar-refractivity contribution in [3.8, 4) is 11.3 Å². The van der Waals surface area contributed by atoms with Crippen LogP contribution in [-0.2, 0) is 0 Å². The van der Waals surface area contributed by atoms with E-state index < -0.39 is 32.3 Å². The smallest absolute Gasteiger partial charge is 0.267 e. The van der Waals surface area contributed by atoms with Crippen molar-refractivity contribution in [3.63, 3.8) is 0 Å². The number of nitrogens with zero attached hydrogens (tertiary/aromatic N) is 3. The number of pyridine rings is 1. The van der Waals surface area contributed by atoms with Gasteiger partial charge in [-0.25, -0.2) is 4.98 Å². The van der Waals surface area contributed by atoms with Crippen LogP contribution >= 0.6 is 0 Å². The number of benzene rings is 2. The van der Waals surface area contributed by atoms with Gasteiger partial charge in [-0.1, -0.05) is 30.3 Å².